The van der Waals surface area contributed by atoms with Crippen LogP contribution in [0.2, 0.25) is 0 Å². The minimum atomic E-state index is -0.0554. The summed E-state index contributed by atoms with van der Waals surface area (Å²) in [5.74, 6) is 1.55. The monoisotopic (exact) mass is 524 g/mol. The number of aliphatic imine (C=N–C) groups is 1. The first-order valence-corrected chi connectivity index (χ1v) is 10.1. The summed E-state index contributed by atoms with van der Waals surface area (Å²) in [5, 5.41) is 9.37. The predicted molar refractivity (Wildman–Crippen MR) is 134 cm³/mol. The molecule has 3 N–H and O–H groups in total. The number of hydrogen-bond acceptors (Lipinski definition) is 3. The fourth-order valence-corrected chi connectivity index (χ4v) is 2.74. The predicted octanol–water partition coefficient (Wildman–Crippen LogP) is 3.89. The number of benzene rings is 2. The van der Waals surface area contributed by atoms with E-state index < -0.39 is 0 Å². The van der Waals surface area contributed by atoms with Crippen molar-refractivity contribution in [2.24, 2.45) is 4.99 Å². The number of nitrogens with zero attached hydrogens (tertiary/aromatic N) is 1. The molecule has 0 saturated carbocycles. The lowest BCUT2D eigenvalue weighted by molar-refractivity contribution is 0.0956. The maximum Gasteiger partial charge on any atom is 0.251 e. The highest BCUT2D eigenvalue weighted by Gasteiger charge is 2.07. The van der Waals surface area contributed by atoms with E-state index in [1.54, 1.807) is 0 Å². The summed E-state index contributed by atoms with van der Waals surface area (Å²) >= 11 is 0. The molecule has 30 heavy (non-hydrogen) atoms. The van der Waals surface area contributed by atoms with Crippen LogP contribution in [0.15, 0.2) is 53.5 Å². The van der Waals surface area contributed by atoms with Crippen molar-refractivity contribution in [3.05, 3.63) is 65.2 Å². The highest BCUT2D eigenvalue weighted by molar-refractivity contribution is 14.0. The normalized spacial score (nSPS) is 11.8. The van der Waals surface area contributed by atoms with E-state index in [4.69, 9.17) is 4.74 Å². The van der Waals surface area contributed by atoms with Crippen LogP contribution in [-0.2, 0) is 6.54 Å². The molecule has 0 bridgehead atoms. The molecule has 7 heteroatoms. The zero-order chi connectivity index (χ0) is 21.1. The van der Waals surface area contributed by atoms with Gasteiger partial charge in [-0.05, 0) is 63.1 Å². The maximum atomic E-state index is 11.8. The van der Waals surface area contributed by atoms with Crippen LogP contribution in [0.5, 0.6) is 5.75 Å². The summed E-state index contributed by atoms with van der Waals surface area (Å²) in [6.45, 7) is 10.6. The number of guanidine groups is 1. The topological polar surface area (TPSA) is 74.8 Å². The van der Waals surface area contributed by atoms with Crippen molar-refractivity contribution in [2.45, 2.75) is 40.3 Å². The largest absolute Gasteiger partial charge is 0.489 e. The lowest BCUT2D eigenvalue weighted by atomic mass is 10.1. The average Bonchev–Trinajstić information content (AvgIpc) is 2.70. The van der Waals surface area contributed by atoms with E-state index in [-0.39, 0.29) is 36.0 Å². The molecule has 0 fully saturated rings. The van der Waals surface area contributed by atoms with E-state index in [1.165, 1.54) is 5.56 Å². The highest BCUT2D eigenvalue weighted by atomic mass is 127. The smallest absolute Gasteiger partial charge is 0.251 e. The van der Waals surface area contributed by atoms with Gasteiger partial charge in [0, 0.05) is 18.7 Å². The molecule has 0 radical (unpaired) electrons. The number of hydrogen-bond donors (Lipinski definition) is 3. The maximum absolute atomic E-state index is 11.8. The van der Waals surface area contributed by atoms with Gasteiger partial charge in [-0.3, -0.25) is 4.79 Å². The van der Waals surface area contributed by atoms with Crippen molar-refractivity contribution in [1.29, 1.82) is 0 Å². The van der Waals surface area contributed by atoms with Gasteiger partial charge >= 0.3 is 0 Å². The minimum absolute atomic E-state index is 0. The first-order valence-electron chi connectivity index (χ1n) is 10.1. The third-order valence-corrected chi connectivity index (χ3v) is 4.20. The van der Waals surface area contributed by atoms with Gasteiger partial charge in [0.2, 0.25) is 0 Å². The van der Waals surface area contributed by atoms with E-state index in [0.29, 0.717) is 25.2 Å². The number of nitrogens with one attached hydrogen (secondary N) is 3. The molecule has 2 aromatic rings. The van der Waals surface area contributed by atoms with Crippen molar-refractivity contribution >= 4 is 35.8 Å². The molecule has 0 aliphatic heterocycles. The second-order valence-electron chi connectivity index (χ2n) is 6.88. The Hall–Kier alpha value is -2.29. The second-order valence-corrected chi connectivity index (χ2v) is 6.88. The SMILES string of the molecule is CCNC(=O)c1ccc(CN=C(NCC)NCC(C)Oc2cccc(C)c2)cc1.I. The van der Waals surface area contributed by atoms with Crippen molar-refractivity contribution in [3.8, 4) is 5.75 Å². The van der Waals surface area contributed by atoms with Gasteiger partial charge < -0.3 is 20.7 Å². The van der Waals surface area contributed by atoms with E-state index in [2.05, 4.69) is 33.9 Å². The number of aryl methyl sites for hydroxylation is 1. The zero-order valence-corrected chi connectivity index (χ0v) is 20.5. The van der Waals surface area contributed by atoms with Crippen LogP contribution in [0, 0.1) is 6.92 Å². The highest BCUT2D eigenvalue weighted by Crippen LogP contribution is 2.13. The van der Waals surface area contributed by atoms with Crippen molar-refractivity contribution < 1.29 is 9.53 Å². The van der Waals surface area contributed by atoms with Gasteiger partial charge in [-0.15, -0.1) is 24.0 Å². The quantitative estimate of drug-likeness (QED) is 0.265. The van der Waals surface area contributed by atoms with E-state index in [0.717, 1.165) is 23.8 Å². The van der Waals surface area contributed by atoms with E-state index in [1.807, 2.05) is 63.2 Å². The number of amides is 1. The lowest BCUT2D eigenvalue weighted by Crippen LogP contribution is -2.41. The third-order valence-electron chi connectivity index (χ3n) is 4.20. The molecule has 0 heterocycles. The molecule has 0 aliphatic rings. The molecule has 164 valence electrons. The molecule has 2 aromatic carbocycles. The standard InChI is InChI=1S/C23H32N4O2.HI/c1-5-24-22(28)20-12-10-19(11-13-20)16-27-23(25-6-2)26-15-18(4)29-21-9-7-8-17(3)14-21;/h7-14,18H,5-6,15-16H2,1-4H3,(H,24,28)(H2,25,26,27);1H. The first-order chi connectivity index (χ1) is 14.0. The van der Waals surface area contributed by atoms with Crippen LogP contribution in [0.4, 0.5) is 0 Å². The molecule has 0 aliphatic carbocycles. The Morgan fingerprint density at radius 1 is 1.03 bits per heavy atom. The first kappa shape index (κ1) is 25.7. The summed E-state index contributed by atoms with van der Waals surface area (Å²) in [6, 6.07) is 15.6. The average molecular weight is 524 g/mol. The van der Waals surface area contributed by atoms with Gasteiger partial charge in [0.25, 0.3) is 5.91 Å². The van der Waals surface area contributed by atoms with Gasteiger partial charge in [-0.1, -0.05) is 24.3 Å². The second kappa shape index (κ2) is 13.8. The Kier molecular flexibility index (Phi) is 11.9. The summed E-state index contributed by atoms with van der Waals surface area (Å²) in [7, 11) is 0. The van der Waals surface area contributed by atoms with Gasteiger partial charge in [0.15, 0.2) is 5.96 Å². The Morgan fingerprint density at radius 3 is 2.37 bits per heavy atom. The molecule has 1 amide bonds. The van der Waals surface area contributed by atoms with Crippen LogP contribution in [0.1, 0.15) is 42.3 Å². The van der Waals surface area contributed by atoms with Crippen LogP contribution >= 0.6 is 24.0 Å². The number of carbonyl (C=O) groups is 1. The molecule has 1 atom stereocenters. The third kappa shape index (κ3) is 9.02. The fourth-order valence-electron chi connectivity index (χ4n) is 2.74. The summed E-state index contributed by atoms with van der Waals surface area (Å²) < 4.78 is 5.96. The molecule has 0 spiro atoms. The van der Waals surface area contributed by atoms with Crippen molar-refractivity contribution in [3.63, 3.8) is 0 Å². The number of halogens is 1. The Labute approximate surface area is 196 Å². The zero-order valence-electron chi connectivity index (χ0n) is 18.2. The molecular formula is C23H33IN4O2. The van der Waals surface area contributed by atoms with Crippen LogP contribution < -0.4 is 20.7 Å². The molecule has 2 rings (SSSR count). The van der Waals surface area contributed by atoms with Crippen LogP contribution in [-0.4, -0.2) is 37.6 Å². The number of ether oxygens (including phenoxy) is 1. The van der Waals surface area contributed by atoms with E-state index >= 15 is 0 Å². The van der Waals surface area contributed by atoms with Gasteiger partial charge in [0.1, 0.15) is 11.9 Å². The summed E-state index contributed by atoms with van der Waals surface area (Å²) in [4.78, 5) is 16.5. The summed E-state index contributed by atoms with van der Waals surface area (Å²) in [5.41, 5.74) is 2.88. The van der Waals surface area contributed by atoms with Crippen molar-refractivity contribution in [2.75, 3.05) is 19.6 Å². The Morgan fingerprint density at radius 2 is 1.73 bits per heavy atom. The summed E-state index contributed by atoms with van der Waals surface area (Å²) in [6.07, 6.45) is -0.00276. The van der Waals surface area contributed by atoms with Gasteiger partial charge in [0.05, 0.1) is 13.1 Å². The van der Waals surface area contributed by atoms with Crippen LogP contribution in [0.3, 0.4) is 0 Å². The van der Waals surface area contributed by atoms with Crippen LogP contribution in [0.25, 0.3) is 0 Å². The van der Waals surface area contributed by atoms with Gasteiger partial charge in [-0.2, -0.15) is 0 Å². The Balaban J connectivity index is 0.00000450. The minimum Gasteiger partial charge on any atom is -0.489 e. The molecule has 6 nitrogen and oxygen atoms in total. The van der Waals surface area contributed by atoms with E-state index in [9.17, 15) is 4.79 Å². The lowest BCUT2D eigenvalue weighted by Gasteiger charge is -2.18. The van der Waals surface area contributed by atoms with Gasteiger partial charge in [-0.25, -0.2) is 4.99 Å². The Bertz CT molecular complexity index is 809. The van der Waals surface area contributed by atoms with Crippen molar-refractivity contribution in [1.82, 2.24) is 16.0 Å². The molecule has 1 unspecified atom stereocenters. The number of carbonyl (C=O) groups excluding carboxylic acids is 1. The number of rotatable bonds is 9. The fraction of sp³-hybridized carbons (Fsp3) is 0.391. The molecular weight excluding hydrogens is 491 g/mol. The molecule has 0 aromatic heterocycles. The molecule has 0 saturated heterocycles.